The van der Waals surface area contributed by atoms with Crippen LogP contribution in [0.15, 0.2) is 71.7 Å². The van der Waals surface area contributed by atoms with Crippen LogP contribution >= 0.6 is 0 Å². The first-order chi connectivity index (χ1) is 12.8. The summed E-state index contributed by atoms with van der Waals surface area (Å²) in [6, 6.07) is 23.4. The summed E-state index contributed by atoms with van der Waals surface area (Å²) in [6.07, 6.45) is 0.924. The molecule has 1 aliphatic heterocycles. The van der Waals surface area contributed by atoms with Gasteiger partial charge in [-0.2, -0.15) is 0 Å². The van der Waals surface area contributed by atoms with E-state index >= 15 is 0 Å². The van der Waals surface area contributed by atoms with Gasteiger partial charge in [0.05, 0.1) is 12.6 Å². The molecule has 1 unspecified atom stereocenters. The van der Waals surface area contributed by atoms with E-state index in [1.807, 2.05) is 18.2 Å². The maximum absolute atomic E-state index is 5.74. The first-order valence-corrected chi connectivity index (χ1v) is 9.00. The minimum atomic E-state index is 0.211. The standard InChI is InChI=1S/C22H23N3O/c1-23-22(25-20-12-13-26-21-9-5-4-8-19(20)21)24-15-16-10-11-17-6-2-3-7-18(17)14-16/h2-11,14,20H,12-13,15H2,1H3,(H2,23,24,25). The molecule has 1 atom stereocenters. The molecule has 0 saturated heterocycles. The molecular weight excluding hydrogens is 322 g/mol. The predicted molar refractivity (Wildman–Crippen MR) is 107 cm³/mol. The van der Waals surface area contributed by atoms with E-state index in [4.69, 9.17) is 4.74 Å². The second-order valence-corrected chi connectivity index (χ2v) is 6.48. The lowest BCUT2D eigenvalue weighted by molar-refractivity contribution is 0.261. The summed E-state index contributed by atoms with van der Waals surface area (Å²) in [7, 11) is 1.81. The zero-order valence-corrected chi connectivity index (χ0v) is 14.9. The molecule has 3 aromatic carbocycles. The lowest BCUT2D eigenvalue weighted by atomic mass is 10.0. The Labute approximate surface area is 153 Å². The fourth-order valence-electron chi connectivity index (χ4n) is 3.39. The highest BCUT2D eigenvalue weighted by Gasteiger charge is 2.21. The molecule has 3 aromatic rings. The molecule has 4 heteroatoms. The molecule has 0 saturated carbocycles. The molecule has 2 N–H and O–H groups in total. The van der Waals surface area contributed by atoms with E-state index in [1.54, 1.807) is 7.05 Å². The minimum absolute atomic E-state index is 0.211. The largest absolute Gasteiger partial charge is 0.493 e. The summed E-state index contributed by atoms with van der Waals surface area (Å²) < 4.78 is 5.74. The van der Waals surface area contributed by atoms with E-state index in [0.717, 1.165) is 31.3 Å². The Morgan fingerprint density at radius 1 is 1.04 bits per heavy atom. The summed E-state index contributed by atoms with van der Waals surface area (Å²) in [5.74, 6) is 1.76. The van der Waals surface area contributed by atoms with Gasteiger partial charge in [-0.05, 0) is 28.5 Å². The molecule has 0 aromatic heterocycles. The van der Waals surface area contributed by atoms with Gasteiger partial charge >= 0.3 is 0 Å². The molecule has 0 bridgehead atoms. The number of guanidine groups is 1. The van der Waals surface area contributed by atoms with Crippen molar-refractivity contribution in [1.82, 2.24) is 10.6 Å². The van der Waals surface area contributed by atoms with Crippen molar-refractivity contribution in [2.75, 3.05) is 13.7 Å². The molecule has 132 valence electrons. The number of para-hydroxylation sites is 1. The molecule has 1 aliphatic rings. The predicted octanol–water partition coefficient (Wildman–Crippen LogP) is 4.03. The van der Waals surface area contributed by atoms with Gasteiger partial charge in [0.1, 0.15) is 5.75 Å². The van der Waals surface area contributed by atoms with Crippen molar-refractivity contribution in [1.29, 1.82) is 0 Å². The number of ether oxygens (including phenoxy) is 1. The number of fused-ring (bicyclic) bond motifs is 2. The Morgan fingerprint density at radius 2 is 1.85 bits per heavy atom. The van der Waals surface area contributed by atoms with E-state index in [1.165, 1.54) is 21.9 Å². The van der Waals surface area contributed by atoms with Crippen LogP contribution in [-0.2, 0) is 6.54 Å². The van der Waals surface area contributed by atoms with Crippen molar-refractivity contribution in [2.24, 2.45) is 4.99 Å². The highest BCUT2D eigenvalue weighted by atomic mass is 16.5. The number of nitrogens with one attached hydrogen (secondary N) is 2. The molecule has 0 fully saturated rings. The number of rotatable bonds is 3. The Kier molecular flexibility index (Phi) is 4.73. The van der Waals surface area contributed by atoms with E-state index in [-0.39, 0.29) is 6.04 Å². The summed E-state index contributed by atoms with van der Waals surface area (Å²) in [5, 5.41) is 9.47. The SMILES string of the molecule is CN=C(NCc1ccc2ccccc2c1)NC1CCOc2ccccc21. The van der Waals surface area contributed by atoms with Crippen LogP contribution in [-0.4, -0.2) is 19.6 Å². The third-order valence-electron chi connectivity index (χ3n) is 4.77. The molecule has 0 aliphatic carbocycles. The number of benzene rings is 3. The summed E-state index contributed by atoms with van der Waals surface area (Å²) in [5.41, 5.74) is 2.42. The fraction of sp³-hybridized carbons (Fsp3) is 0.227. The van der Waals surface area contributed by atoms with Crippen molar-refractivity contribution < 1.29 is 4.74 Å². The quantitative estimate of drug-likeness (QED) is 0.556. The van der Waals surface area contributed by atoms with Gasteiger partial charge in [-0.25, -0.2) is 0 Å². The molecule has 4 nitrogen and oxygen atoms in total. The number of hydrogen-bond donors (Lipinski definition) is 2. The zero-order valence-electron chi connectivity index (χ0n) is 14.9. The lowest BCUT2D eigenvalue weighted by Gasteiger charge is -2.28. The van der Waals surface area contributed by atoms with Crippen LogP contribution in [0.1, 0.15) is 23.6 Å². The van der Waals surface area contributed by atoms with Crippen molar-refractivity contribution in [2.45, 2.75) is 19.0 Å². The highest BCUT2D eigenvalue weighted by molar-refractivity contribution is 5.83. The second kappa shape index (κ2) is 7.48. The average molecular weight is 345 g/mol. The van der Waals surface area contributed by atoms with Crippen LogP contribution in [0.25, 0.3) is 10.8 Å². The molecular formula is C22H23N3O. The fourth-order valence-corrected chi connectivity index (χ4v) is 3.39. The van der Waals surface area contributed by atoms with Gasteiger partial charge in [-0.15, -0.1) is 0 Å². The molecule has 0 amide bonds. The Morgan fingerprint density at radius 3 is 2.73 bits per heavy atom. The molecule has 0 radical (unpaired) electrons. The van der Waals surface area contributed by atoms with Crippen molar-refractivity contribution in [3.63, 3.8) is 0 Å². The van der Waals surface area contributed by atoms with Crippen LogP contribution < -0.4 is 15.4 Å². The molecule has 26 heavy (non-hydrogen) atoms. The molecule has 4 rings (SSSR count). The maximum Gasteiger partial charge on any atom is 0.191 e. The van der Waals surface area contributed by atoms with Gasteiger partial charge in [0.2, 0.25) is 0 Å². The lowest BCUT2D eigenvalue weighted by Crippen LogP contribution is -2.40. The highest BCUT2D eigenvalue weighted by Crippen LogP contribution is 2.31. The second-order valence-electron chi connectivity index (χ2n) is 6.48. The minimum Gasteiger partial charge on any atom is -0.493 e. The topological polar surface area (TPSA) is 45.7 Å². The van der Waals surface area contributed by atoms with Crippen molar-refractivity contribution >= 4 is 16.7 Å². The number of aliphatic imine (C=N–C) groups is 1. The van der Waals surface area contributed by atoms with Crippen LogP contribution in [0, 0.1) is 0 Å². The zero-order chi connectivity index (χ0) is 17.8. The van der Waals surface area contributed by atoms with Gasteiger partial charge < -0.3 is 15.4 Å². The molecule has 1 heterocycles. The van der Waals surface area contributed by atoms with Crippen LogP contribution in [0.5, 0.6) is 5.75 Å². The summed E-state index contributed by atoms with van der Waals surface area (Å²) in [6.45, 7) is 1.45. The Balaban J connectivity index is 1.44. The summed E-state index contributed by atoms with van der Waals surface area (Å²) >= 11 is 0. The normalized spacial score (nSPS) is 16.7. The smallest absolute Gasteiger partial charge is 0.191 e. The van der Waals surface area contributed by atoms with Gasteiger partial charge in [0.25, 0.3) is 0 Å². The van der Waals surface area contributed by atoms with Gasteiger partial charge in [-0.1, -0.05) is 54.6 Å². The number of nitrogens with zero attached hydrogens (tertiary/aromatic N) is 1. The van der Waals surface area contributed by atoms with Crippen LogP contribution in [0.2, 0.25) is 0 Å². The first-order valence-electron chi connectivity index (χ1n) is 9.00. The monoisotopic (exact) mass is 345 g/mol. The van der Waals surface area contributed by atoms with Gasteiger partial charge in [-0.3, -0.25) is 4.99 Å². The van der Waals surface area contributed by atoms with E-state index in [9.17, 15) is 0 Å². The van der Waals surface area contributed by atoms with Gasteiger partial charge in [0, 0.05) is 25.6 Å². The van der Waals surface area contributed by atoms with E-state index < -0.39 is 0 Å². The average Bonchev–Trinajstić information content (AvgIpc) is 2.71. The van der Waals surface area contributed by atoms with E-state index in [2.05, 4.69) is 64.2 Å². The number of hydrogen-bond acceptors (Lipinski definition) is 2. The first kappa shape index (κ1) is 16.5. The van der Waals surface area contributed by atoms with Crippen LogP contribution in [0.4, 0.5) is 0 Å². The van der Waals surface area contributed by atoms with Crippen LogP contribution in [0.3, 0.4) is 0 Å². The van der Waals surface area contributed by atoms with Crippen molar-refractivity contribution in [3.05, 3.63) is 77.9 Å². The third-order valence-corrected chi connectivity index (χ3v) is 4.77. The van der Waals surface area contributed by atoms with E-state index in [0.29, 0.717) is 0 Å². The van der Waals surface area contributed by atoms with Crippen molar-refractivity contribution in [3.8, 4) is 5.75 Å². The Bertz CT molecular complexity index is 935. The third kappa shape index (κ3) is 3.49. The Hall–Kier alpha value is -3.01. The molecule has 0 spiro atoms. The maximum atomic E-state index is 5.74. The summed E-state index contributed by atoms with van der Waals surface area (Å²) in [4.78, 5) is 4.39. The van der Waals surface area contributed by atoms with Gasteiger partial charge in [0.15, 0.2) is 5.96 Å².